The molecule has 1 aromatic heterocycles. The lowest BCUT2D eigenvalue weighted by Gasteiger charge is -2.29. The molecule has 1 N–H and O–H groups in total. The van der Waals surface area contributed by atoms with Gasteiger partial charge in [-0.05, 0) is 57.3 Å². The van der Waals surface area contributed by atoms with E-state index in [2.05, 4.69) is 22.2 Å². The topological polar surface area (TPSA) is 65.5 Å². The number of nitrogens with one attached hydrogen (secondary N) is 1. The second-order valence-electron chi connectivity index (χ2n) is 6.64. The molecule has 6 nitrogen and oxygen atoms in total. The van der Waals surface area contributed by atoms with Crippen LogP contribution in [0.15, 0.2) is 23.2 Å². The third-order valence-electron chi connectivity index (χ3n) is 4.73. The van der Waals surface area contributed by atoms with Crippen LogP contribution in [0.3, 0.4) is 0 Å². The van der Waals surface area contributed by atoms with Gasteiger partial charge < -0.3 is 10.2 Å². The molecule has 2 aliphatic rings. The predicted molar refractivity (Wildman–Crippen MR) is 90.9 cm³/mol. The molecule has 0 aromatic carbocycles. The predicted octanol–water partition coefficient (Wildman–Crippen LogP) is 1.62. The number of nitrogens with zero attached hydrogens (tertiary/aromatic N) is 3. The number of aromatic nitrogens is 1. The summed E-state index contributed by atoms with van der Waals surface area (Å²) in [5.74, 6) is 1.38. The fourth-order valence-electron chi connectivity index (χ4n) is 3.40. The van der Waals surface area contributed by atoms with E-state index in [1.54, 1.807) is 16.4 Å². The van der Waals surface area contributed by atoms with Crippen LogP contribution in [0.1, 0.15) is 25.7 Å². The largest absolute Gasteiger partial charge is 0.370 e. The summed E-state index contributed by atoms with van der Waals surface area (Å²) in [6.45, 7) is 4.41. The van der Waals surface area contributed by atoms with E-state index in [0.717, 1.165) is 31.7 Å². The van der Waals surface area contributed by atoms with Crippen LogP contribution in [0.5, 0.6) is 0 Å². The Kier molecular flexibility index (Phi) is 5.18. The Hall–Kier alpha value is -1.18. The molecule has 1 atom stereocenters. The van der Waals surface area contributed by atoms with Crippen LogP contribution >= 0.6 is 0 Å². The molecule has 2 aliphatic heterocycles. The lowest BCUT2D eigenvalue weighted by molar-refractivity contribution is 0.217. The summed E-state index contributed by atoms with van der Waals surface area (Å²) >= 11 is 0. The van der Waals surface area contributed by atoms with Gasteiger partial charge in [0.15, 0.2) is 0 Å². The van der Waals surface area contributed by atoms with Crippen LogP contribution in [-0.4, -0.2) is 62.4 Å². The second kappa shape index (κ2) is 7.15. The summed E-state index contributed by atoms with van der Waals surface area (Å²) in [6.07, 6.45) is 5.84. The van der Waals surface area contributed by atoms with Gasteiger partial charge in [-0.3, -0.25) is 0 Å². The Morgan fingerprint density at radius 1 is 1.22 bits per heavy atom. The van der Waals surface area contributed by atoms with Crippen molar-refractivity contribution in [1.82, 2.24) is 14.2 Å². The summed E-state index contributed by atoms with van der Waals surface area (Å²) in [7, 11) is -1.21. The first-order chi connectivity index (χ1) is 11.1. The number of rotatable bonds is 5. The molecule has 128 valence electrons. The Labute approximate surface area is 138 Å². The monoisotopic (exact) mass is 338 g/mol. The van der Waals surface area contributed by atoms with Crippen molar-refractivity contribution in [1.29, 1.82) is 0 Å². The van der Waals surface area contributed by atoms with Crippen LogP contribution in [0, 0.1) is 5.92 Å². The highest BCUT2D eigenvalue weighted by atomic mass is 32.2. The molecule has 0 aliphatic carbocycles. The molecule has 3 heterocycles. The number of likely N-dealkylation sites (tertiary alicyclic amines) is 1. The van der Waals surface area contributed by atoms with E-state index in [4.69, 9.17) is 0 Å². The van der Waals surface area contributed by atoms with Gasteiger partial charge in [-0.1, -0.05) is 0 Å². The minimum absolute atomic E-state index is 0.294. The van der Waals surface area contributed by atoms with E-state index < -0.39 is 10.0 Å². The molecule has 0 amide bonds. The normalized spacial score (nSPS) is 24.0. The second-order valence-corrected chi connectivity index (χ2v) is 8.58. The first kappa shape index (κ1) is 16.7. The van der Waals surface area contributed by atoms with Crippen molar-refractivity contribution >= 4 is 15.8 Å². The van der Waals surface area contributed by atoms with Crippen molar-refractivity contribution in [3.8, 4) is 0 Å². The van der Waals surface area contributed by atoms with Gasteiger partial charge >= 0.3 is 0 Å². The SMILES string of the molecule is CN1CCCC(CNc2ccc(S(=O)(=O)N3CCCC3)cn2)C1. The number of anilines is 1. The van der Waals surface area contributed by atoms with Crippen LogP contribution in [0.2, 0.25) is 0 Å². The third kappa shape index (κ3) is 4.02. The Morgan fingerprint density at radius 2 is 2.00 bits per heavy atom. The zero-order valence-corrected chi connectivity index (χ0v) is 14.6. The van der Waals surface area contributed by atoms with Crippen molar-refractivity contribution in [2.45, 2.75) is 30.6 Å². The van der Waals surface area contributed by atoms with Crippen LogP contribution in [0.4, 0.5) is 5.82 Å². The van der Waals surface area contributed by atoms with E-state index in [9.17, 15) is 8.42 Å². The molecule has 2 saturated heterocycles. The first-order valence-electron chi connectivity index (χ1n) is 8.44. The summed E-state index contributed by atoms with van der Waals surface area (Å²) < 4.78 is 26.4. The van der Waals surface area contributed by atoms with Gasteiger partial charge in [0, 0.05) is 32.4 Å². The molecule has 1 unspecified atom stereocenters. The van der Waals surface area contributed by atoms with Gasteiger partial charge in [-0.25, -0.2) is 13.4 Å². The van der Waals surface area contributed by atoms with Gasteiger partial charge in [0.05, 0.1) is 0 Å². The van der Waals surface area contributed by atoms with Crippen LogP contribution < -0.4 is 5.32 Å². The standard InChI is InChI=1S/C16H26N4O2S/c1-19-8-4-5-14(13-19)11-17-16-7-6-15(12-18-16)23(21,22)20-9-2-3-10-20/h6-7,12,14H,2-5,8-11,13H2,1H3,(H,17,18). The molecule has 0 spiro atoms. The van der Waals surface area contributed by atoms with Gasteiger partial charge in [0.2, 0.25) is 10.0 Å². The number of piperidine rings is 1. The number of pyridine rings is 1. The minimum atomic E-state index is -3.36. The van der Waals surface area contributed by atoms with E-state index in [-0.39, 0.29) is 0 Å². The smallest absolute Gasteiger partial charge is 0.244 e. The molecule has 0 radical (unpaired) electrons. The molecule has 23 heavy (non-hydrogen) atoms. The molecule has 7 heteroatoms. The maximum atomic E-state index is 12.4. The van der Waals surface area contributed by atoms with E-state index in [1.807, 2.05) is 0 Å². The number of hydrogen-bond donors (Lipinski definition) is 1. The lowest BCUT2D eigenvalue weighted by atomic mass is 9.98. The van der Waals surface area contributed by atoms with Gasteiger partial charge in [-0.15, -0.1) is 0 Å². The van der Waals surface area contributed by atoms with E-state index in [0.29, 0.717) is 23.9 Å². The van der Waals surface area contributed by atoms with Crippen LogP contribution in [-0.2, 0) is 10.0 Å². The van der Waals surface area contributed by atoms with Crippen molar-refractivity contribution < 1.29 is 8.42 Å². The van der Waals surface area contributed by atoms with Gasteiger partial charge in [0.25, 0.3) is 0 Å². The number of hydrogen-bond acceptors (Lipinski definition) is 5. The zero-order chi connectivity index (χ0) is 16.3. The average Bonchev–Trinajstić information content (AvgIpc) is 3.09. The molecule has 0 saturated carbocycles. The highest BCUT2D eigenvalue weighted by Gasteiger charge is 2.27. The molecule has 2 fully saturated rings. The summed E-state index contributed by atoms with van der Waals surface area (Å²) in [4.78, 5) is 6.94. The molecular weight excluding hydrogens is 312 g/mol. The third-order valence-corrected chi connectivity index (χ3v) is 6.62. The quantitative estimate of drug-likeness (QED) is 0.884. The van der Waals surface area contributed by atoms with Gasteiger partial charge in [-0.2, -0.15) is 4.31 Å². The molecule has 1 aromatic rings. The minimum Gasteiger partial charge on any atom is -0.370 e. The fourth-order valence-corrected chi connectivity index (χ4v) is 4.87. The van der Waals surface area contributed by atoms with E-state index in [1.165, 1.54) is 25.6 Å². The lowest BCUT2D eigenvalue weighted by Crippen LogP contribution is -2.35. The van der Waals surface area contributed by atoms with Crippen molar-refractivity contribution in [3.05, 3.63) is 18.3 Å². The molecule has 3 rings (SSSR count). The Balaban J connectivity index is 1.58. The first-order valence-corrected chi connectivity index (χ1v) is 9.88. The Bertz CT molecular complexity index is 611. The van der Waals surface area contributed by atoms with E-state index >= 15 is 0 Å². The molecular formula is C16H26N4O2S. The average molecular weight is 338 g/mol. The summed E-state index contributed by atoms with van der Waals surface area (Å²) in [5.41, 5.74) is 0. The van der Waals surface area contributed by atoms with Gasteiger partial charge in [0.1, 0.15) is 10.7 Å². The Morgan fingerprint density at radius 3 is 2.65 bits per heavy atom. The van der Waals surface area contributed by atoms with Crippen LogP contribution in [0.25, 0.3) is 0 Å². The van der Waals surface area contributed by atoms with Crippen molar-refractivity contribution in [2.24, 2.45) is 5.92 Å². The highest BCUT2D eigenvalue weighted by Crippen LogP contribution is 2.21. The highest BCUT2D eigenvalue weighted by molar-refractivity contribution is 7.89. The zero-order valence-electron chi connectivity index (χ0n) is 13.7. The molecule has 0 bridgehead atoms. The maximum absolute atomic E-state index is 12.4. The number of sulfonamides is 1. The maximum Gasteiger partial charge on any atom is 0.244 e. The fraction of sp³-hybridized carbons (Fsp3) is 0.688. The summed E-state index contributed by atoms with van der Waals surface area (Å²) in [6, 6.07) is 3.44. The van der Waals surface area contributed by atoms with Crippen molar-refractivity contribution in [2.75, 3.05) is 45.1 Å². The van der Waals surface area contributed by atoms with Crippen molar-refractivity contribution in [3.63, 3.8) is 0 Å². The summed E-state index contributed by atoms with van der Waals surface area (Å²) in [5, 5.41) is 3.34.